The molecule has 0 fully saturated rings. The fourth-order valence-corrected chi connectivity index (χ4v) is 2.01. The van der Waals surface area contributed by atoms with E-state index in [0.29, 0.717) is 25.9 Å². The molecule has 14 nitrogen and oxygen atoms in total. The monoisotopic (exact) mass is 478 g/mol. The van der Waals surface area contributed by atoms with E-state index in [-0.39, 0.29) is 83.9 Å². The van der Waals surface area contributed by atoms with Crippen molar-refractivity contribution in [2.45, 2.75) is 50.6 Å². The van der Waals surface area contributed by atoms with Crippen LogP contribution in [0.25, 0.3) is 0 Å². The first-order chi connectivity index (χ1) is 14.0. The van der Waals surface area contributed by atoms with Crippen LogP contribution in [0.3, 0.4) is 0 Å². The number of guanidine groups is 2. The third-order valence-corrected chi connectivity index (χ3v) is 3.58. The first-order valence-corrected chi connectivity index (χ1v) is 9.19. The van der Waals surface area contributed by atoms with Crippen LogP contribution in [0, 0.1) is 10.8 Å². The molecule has 0 aliphatic heterocycles. The van der Waals surface area contributed by atoms with Gasteiger partial charge >= 0.3 is 83.0 Å². The average molecular weight is 478 g/mol. The van der Waals surface area contributed by atoms with Crippen molar-refractivity contribution in [3.8, 4) is 0 Å². The second kappa shape index (κ2) is 20.4. The topological polar surface area (TPSA) is 263 Å². The van der Waals surface area contributed by atoms with E-state index >= 15 is 0 Å². The summed E-state index contributed by atoms with van der Waals surface area (Å²) in [6.45, 7) is 0.666. The molecule has 0 amide bonds. The molecule has 0 aromatic carbocycles. The number of nitrogens with two attached hydrogens (primary N) is 4. The number of ether oxygens (including phenoxy) is 2. The van der Waals surface area contributed by atoms with Gasteiger partial charge in [-0.15, -0.1) is 0 Å². The Labute approximate surface area is 230 Å². The van der Waals surface area contributed by atoms with Crippen LogP contribution in [-0.4, -0.2) is 120 Å². The molecule has 2 atom stereocenters. The van der Waals surface area contributed by atoms with E-state index in [4.69, 9.17) is 33.8 Å². The first-order valence-electron chi connectivity index (χ1n) is 9.19. The number of carbonyl (C=O) groups is 4. The van der Waals surface area contributed by atoms with Gasteiger partial charge in [0.2, 0.25) is 0 Å². The van der Waals surface area contributed by atoms with Gasteiger partial charge in [0.05, 0.1) is 12.8 Å². The zero-order valence-electron chi connectivity index (χ0n) is 16.6. The van der Waals surface area contributed by atoms with Crippen molar-refractivity contribution in [3.63, 3.8) is 0 Å². The second-order valence-corrected chi connectivity index (χ2v) is 6.26. The van der Waals surface area contributed by atoms with Crippen LogP contribution < -0.4 is 33.6 Å². The number of rotatable bonds is 13. The van der Waals surface area contributed by atoms with Gasteiger partial charge in [0.15, 0.2) is 11.9 Å². The molecular formula is C16H32N8Na2O6. The van der Waals surface area contributed by atoms with E-state index in [2.05, 4.69) is 20.1 Å². The Balaban J connectivity index is -0.00000420. The molecule has 0 aliphatic carbocycles. The van der Waals surface area contributed by atoms with E-state index in [9.17, 15) is 19.2 Å². The third-order valence-electron chi connectivity index (χ3n) is 3.58. The predicted octanol–water partition coefficient (Wildman–Crippen LogP) is -4.21. The number of hydrogen-bond donors (Lipinski definition) is 8. The Morgan fingerprint density at radius 3 is 1.31 bits per heavy atom. The summed E-state index contributed by atoms with van der Waals surface area (Å²) in [5.74, 6) is -4.29. The van der Waals surface area contributed by atoms with Crippen LogP contribution in [0.15, 0.2) is 0 Å². The second-order valence-electron chi connectivity index (χ2n) is 6.26. The van der Waals surface area contributed by atoms with E-state index < -0.39 is 48.8 Å². The maximum absolute atomic E-state index is 11.7. The van der Waals surface area contributed by atoms with Crippen molar-refractivity contribution >= 4 is 94.9 Å². The van der Waals surface area contributed by atoms with Gasteiger partial charge in [0.25, 0.3) is 0 Å². The Morgan fingerprint density at radius 2 is 1.03 bits per heavy atom. The van der Waals surface area contributed by atoms with Gasteiger partial charge in [-0.2, -0.15) is 0 Å². The molecule has 12 N–H and O–H groups in total. The summed E-state index contributed by atoms with van der Waals surface area (Å²) in [5.41, 5.74) is 21.4. The van der Waals surface area contributed by atoms with Crippen molar-refractivity contribution in [3.05, 3.63) is 0 Å². The van der Waals surface area contributed by atoms with Crippen LogP contribution in [0.2, 0.25) is 0 Å². The van der Waals surface area contributed by atoms with Crippen LogP contribution >= 0.6 is 0 Å². The molecule has 0 saturated carbocycles. The number of esters is 4. The fourth-order valence-electron chi connectivity index (χ4n) is 2.01. The molecule has 0 aromatic rings. The van der Waals surface area contributed by atoms with Gasteiger partial charge in [-0.3, -0.25) is 20.4 Å². The molecule has 0 radical (unpaired) electrons. The number of carbonyl (C=O) groups excluding carboxylic acids is 4. The molecule has 0 rings (SSSR count). The molecule has 0 spiro atoms. The molecule has 0 saturated heterocycles. The molecule has 32 heavy (non-hydrogen) atoms. The summed E-state index contributed by atoms with van der Waals surface area (Å²) >= 11 is 0. The van der Waals surface area contributed by atoms with Crippen molar-refractivity contribution in [1.29, 1.82) is 10.8 Å². The average Bonchev–Trinajstić information content (AvgIpc) is 2.66. The molecule has 0 unspecified atom stereocenters. The van der Waals surface area contributed by atoms with E-state index in [0.717, 1.165) is 0 Å². The minimum atomic E-state index is -1.05. The molecule has 0 bridgehead atoms. The van der Waals surface area contributed by atoms with Crippen LogP contribution in [0.4, 0.5) is 0 Å². The summed E-state index contributed by atoms with van der Waals surface area (Å²) in [5, 5.41) is 19.0. The molecule has 0 aliphatic rings. The number of nitrogens with one attached hydrogen (secondary N) is 4. The SMILES string of the molecule is N=C(N)NCCC[C@H](N)C(=O)OC(=O)CCC(=O)OC(=O)[C@@H](N)CCCNC(=N)N.[NaH].[NaH]. The van der Waals surface area contributed by atoms with Crippen molar-refractivity contribution in [2.24, 2.45) is 22.9 Å². The zero-order chi connectivity index (χ0) is 23.1. The predicted molar refractivity (Wildman–Crippen MR) is 120 cm³/mol. The van der Waals surface area contributed by atoms with Crippen molar-refractivity contribution < 1.29 is 28.7 Å². The Hall–Kier alpha value is -1.26. The van der Waals surface area contributed by atoms with Gasteiger partial charge in [0.1, 0.15) is 12.1 Å². The summed E-state index contributed by atoms with van der Waals surface area (Å²) in [6, 6.07) is -2.10. The summed E-state index contributed by atoms with van der Waals surface area (Å²) < 4.78 is 9.07. The Bertz CT molecular complexity index is 598. The van der Waals surface area contributed by atoms with E-state index in [1.807, 2.05) is 0 Å². The number of hydrogen-bond acceptors (Lipinski definition) is 10. The van der Waals surface area contributed by atoms with Crippen LogP contribution in [-0.2, 0) is 28.7 Å². The van der Waals surface area contributed by atoms with Gasteiger partial charge in [-0.25, -0.2) is 9.59 Å². The fraction of sp³-hybridized carbons (Fsp3) is 0.625. The van der Waals surface area contributed by atoms with Crippen LogP contribution in [0.1, 0.15) is 38.5 Å². The quantitative estimate of drug-likeness (QED) is 0.0313. The molecular weight excluding hydrogens is 446 g/mol. The molecule has 174 valence electrons. The first kappa shape index (κ1) is 35.3. The van der Waals surface area contributed by atoms with Crippen molar-refractivity contribution in [2.75, 3.05) is 13.1 Å². The minimum absolute atomic E-state index is 0. The zero-order valence-corrected chi connectivity index (χ0v) is 16.6. The van der Waals surface area contributed by atoms with Gasteiger partial charge in [-0.05, 0) is 25.7 Å². The Kier molecular flexibility index (Phi) is 22.5. The standard InChI is InChI=1S/C16H30N8O6.2Na.2H/c17-9(3-1-7-23-15(19)20)13(27)29-11(25)5-6-12(26)30-14(28)10(18)4-2-8-24-16(21)22;;;;/h9-10H,1-8,17-18H2,(H4,19,20,23)(H4,21,22,24);;;;/t9-,10-;;;;/m0..../s1. The summed E-state index contributed by atoms with van der Waals surface area (Å²) in [7, 11) is 0. The normalized spacial score (nSPS) is 11.4. The van der Waals surface area contributed by atoms with Crippen LogP contribution in [0.5, 0.6) is 0 Å². The summed E-state index contributed by atoms with van der Waals surface area (Å²) in [4.78, 5) is 46.6. The Morgan fingerprint density at radius 1 is 0.719 bits per heavy atom. The molecule has 0 heterocycles. The van der Waals surface area contributed by atoms with E-state index in [1.54, 1.807) is 0 Å². The third kappa shape index (κ3) is 19.4. The molecule has 16 heteroatoms. The van der Waals surface area contributed by atoms with E-state index in [1.165, 1.54) is 0 Å². The maximum atomic E-state index is 11.7. The summed E-state index contributed by atoms with van der Waals surface area (Å²) in [6.07, 6.45) is 0.279. The van der Waals surface area contributed by atoms with Crippen molar-refractivity contribution in [1.82, 2.24) is 10.6 Å². The molecule has 0 aromatic heterocycles. The van der Waals surface area contributed by atoms with Gasteiger partial charge in [-0.1, -0.05) is 0 Å². The van der Waals surface area contributed by atoms with Gasteiger partial charge < -0.3 is 43.0 Å². The van der Waals surface area contributed by atoms with Gasteiger partial charge in [0, 0.05) is 13.1 Å².